The lowest BCUT2D eigenvalue weighted by atomic mass is 10.1. The van der Waals surface area contributed by atoms with Crippen molar-refractivity contribution in [2.75, 3.05) is 6.61 Å². The molecule has 0 aliphatic rings. The van der Waals surface area contributed by atoms with Gasteiger partial charge in [-0.2, -0.15) is 5.10 Å². The molecule has 5 nitrogen and oxygen atoms in total. The molecule has 0 radical (unpaired) electrons. The number of terminal acetylenes is 1. The Morgan fingerprint density at radius 3 is 2.74 bits per heavy atom. The van der Waals surface area contributed by atoms with Gasteiger partial charge in [0.1, 0.15) is 18.1 Å². The molecule has 0 bridgehead atoms. The highest BCUT2D eigenvalue weighted by molar-refractivity contribution is 9.11. The average molecular weight is 544 g/mol. The van der Waals surface area contributed by atoms with Crippen LogP contribution in [0.3, 0.4) is 0 Å². The number of hydrogen-bond acceptors (Lipinski definition) is 4. The highest BCUT2D eigenvalue weighted by Gasteiger charge is 2.20. The van der Waals surface area contributed by atoms with Crippen LogP contribution in [0.1, 0.15) is 18.9 Å². The van der Waals surface area contributed by atoms with Crippen molar-refractivity contribution in [3.63, 3.8) is 0 Å². The van der Waals surface area contributed by atoms with Crippen LogP contribution in [0.4, 0.5) is 0 Å². The molecular formula is C24H20Br2N2O3. The number of halogens is 2. The van der Waals surface area contributed by atoms with E-state index in [0.717, 1.165) is 19.7 Å². The molecule has 3 aromatic carbocycles. The standard InChI is InChI=1S/C24H20Br2N2O3/c1-3-13-30-21-12-10-18(25)14-17(21)15-27-28-24(29)20(4-2)31-22-11-9-16-7-5-6-8-19(16)23(22)26/h1,5-12,14-15,20H,4,13H2,2H3,(H,28,29). The summed E-state index contributed by atoms with van der Waals surface area (Å²) in [6, 6.07) is 17.2. The molecule has 3 rings (SSSR count). The summed E-state index contributed by atoms with van der Waals surface area (Å²) in [6.45, 7) is 2.02. The van der Waals surface area contributed by atoms with Crippen molar-refractivity contribution in [2.45, 2.75) is 19.4 Å². The number of nitrogens with one attached hydrogen (secondary N) is 1. The third-order valence-electron chi connectivity index (χ3n) is 4.42. The molecule has 0 heterocycles. The number of hydrogen-bond donors (Lipinski definition) is 1. The van der Waals surface area contributed by atoms with Gasteiger partial charge in [-0.1, -0.05) is 59.1 Å². The van der Waals surface area contributed by atoms with E-state index in [-0.39, 0.29) is 12.5 Å². The van der Waals surface area contributed by atoms with Crippen molar-refractivity contribution < 1.29 is 14.3 Å². The Morgan fingerprint density at radius 2 is 1.97 bits per heavy atom. The fraction of sp³-hybridized carbons (Fsp3) is 0.167. The Hall–Kier alpha value is -2.82. The van der Waals surface area contributed by atoms with Crippen LogP contribution in [0.2, 0.25) is 0 Å². The van der Waals surface area contributed by atoms with Gasteiger partial charge in [0, 0.05) is 10.0 Å². The number of amides is 1. The summed E-state index contributed by atoms with van der Waals surface area (Å²) < 4.78 is 13.1. The normalized spacial score (nSPS) is 11.8. The first-order valence-corrected chi connectivity index (χ1v) is 11.1. The molecule has 7 heteroatoms. The van der Waals surface area contributed by atoms with Gasteiger partial charge in [0.25, 0.3) is 5.91 Å². The zero-order valence-electron chi connectivity index (χ0n) is 16.8. The molecule has 1 N–H and O–H groups in total. The lowest BCUT2D eigenvalue weighted by Crippen LogP contribution is -2.35. The number of nitrogens with zero attached hydrogens (tertiary/aromatic N) is 1. The third-order valence-corrected chi connectivity index (χ3v) is 5.73. The molecule has 0 saturated carbocycles. The van der Waals surface area contributed by atoms with Crippen LogP contribution in [-0.2, 0) is 4.79 Å². The number of ether oxygens (including phenoxy) is 2. The van der Waals surface area contributed by atoms with Crippen LogP contribution in [0.25, 0.3) is 10.8 Å². The second-order valence-corrected chi connectivity index (χ2v) is 8.23. The maximum Gasteiger partial charge on any atom is 0.281 e. The second kappa shape index (κ2) is 11.0. The molecule has 31 heavy (non-hydrogen) atoms. The van der Waals surface area contributed by atoms with Crippen molar-refractivity contribution in [3.8, 4) is 23.8 Å². The molecule has 0 fully saturated rings. The zero-order valence-corrected chi connectivity index (χ0v) is 19.9. The third kappa shape index (κ3) is 5.87. The van der Waals surface area contributed by atoms with Crippen LogP contribution < -0.4 is 14.9 Å². The van der Waals surface area contributed by atoms with E-state index in [0.29, 0.717) is 23.5 Å². The maximum absolute atomic E-state index is 12.6. The minimum atomic E-state index is -0.700. The fourth-order valence-electron chi connectivity index (χ4n) is 2.89. The molecular weight excluding hydrogens is 524 g/mol. The van der Waals surface area contributed by atoms with Crippen molar-refractivity contribution in [3.05, 3.63) is 69.1 Å². The van der Waals surface area contributed by atoms with E-state index in [1.165, 1.54) is 6.21 Å². The smallest absolute Gasteiger partial charge is 0.281 e. The van der Waals surface area contributed by atoms with Crippen LogP contribution in [-0.4, -0.2) is 24.8 Å². The Labute approximate surface area is 198 Å². The summed E-state index contributed by atoms with van der Waals surface area (Å²) >= 11 is 7.00. The van der Waals surface area contributed by atoms with Crippen LogP contribution in [0.5, 0.6) is 11.5 Å². The molecule has 0 aromatic heterocycles. The molecule has 1 atom stereocenters. The van der Waals surface area contributed by atoms with E-state index in [4.69, 9.17) is 15.9 Å². The van der Waals surface area contributed by atoms with Gasteiger partial charge < -0.3 is 9.47 Å². The lowest BCUT2D eigenvalue weighted by Gasteiger charge is -2.17. The number of fused-ring (bicyclic) bond motifs is 1. The van der Waals surface area contributed by atoms with Crippen molar-refractivity contribution in [1.82, 2.24) is 5.43 Å². The molecule has 1 amide bonds. The quantitative estimate of drug-likeness (QED) is 0.226. The predicted octanol–water partition coefficient (Wildman–Crippen LogP) is 5.68. The first kappa shape index (κ1) is 22.9. The van der Waals surface area contributed by atoms with Gasteiger partial charge in [-0.25, -0.2) is 5.43 Å². The summed E-state index contributed by atoms with van der Waals surface area (Å²) in [6.07, 6.45) is 6.54. The van der Waals surface area contributed by atoms with Gasteiger partial charge in [-0.3, -0.25) is 4.79 Å². The highest BCUT2D eigenvalue weighted by atomic mass is 79.9. The Morgan fingerprint density at radius 1 is 1.19 bits per heavy atom. The molecule has 0 aliphatic heterocycles. The number of benzene rings is 3. The van der Waals surface area contributed by atoms with E-state index in [9.17, 15) is 4.79 Å². The minimum absolute atomic E-state index is 0.140. The second-order valence-electron chi connectivity index (χ2n) is 6.52. The van der Waals surface area contributed by atoms with Gasteiger partial charge in [0.2, 0.25) is 0 Å². The van der Waals surface area contributed by atoms with Gasteiger partial charge in [-0.15, -0.1) is 6.42 Å². The van der Waals surface area contributed by atoms with E-state index in [1.807, 2.05) is 55.5 Å². The summed E-state index contributed by atoms with van der Waals surface area (Å²) in [5, 5.41) is 6.17. The van der Waals surface area contributed by atoms with Crippen molar-refractivity contribution >= 4 is 54.8 Å². The molecule has 0 aliphatic carbocycles. The van der Waals surface area contributed by atoms with Crippen LogP contribution in [0.15, 0.2) is 68.6 Å². The first-order valence-electron chi connectivity index (χ1n) is 9.56. The van der Waals surface area contributed by atoms with E-state index in [2.05, 4.69) is 48.3 Å². The zero-order chi connectivity index (χ0) is 22.2. The largest absolute Gasteiger partial charge is 0.480 e. The first-order chi connectivity index (χ1) is 15.0. The lowest BCUT2D eigenvalue weighted by molar-refractivity contribution is -0.128. The SMILES string of the molecule is C#CCOc1ccc(Br)cc1C=NNC(=O)C(CC)Oc1ccc2ccccc2c1Br. The van der Waals surface area contributed by atoms with Crippen LogP contribution >= 0.6 is 31.9 Å². The van der Waals surface area contributed by atoms with Gasteiger partial charge in [-0.05, 0) is 57.4 Å². The summed E-state index contributed by atoms with van der Waals surface area (Å²) in [5.74, 6) is 3.25. The van der Waals surface area contributed by atoms with Gasteiger partial charge in [0.05, 0.1) is 10.7 Å². The van der Waals surface area contributed by atoms with Crippen molar-refractivity contribution in [2.24, 2.45) is 5.10 Å². The number of rotatable bonds is 8. The minimum Gasteiger partial charge on any atom is -0.480 e. The molecule has 0 spiro atoms. The maximum atomic E-state index is 12.6. The molecule has 3 aromatic rings. The van der Waals surface area contributed by atoms with Gasteiger partial charge >= 0.3 is 0 Å². The fourth-order valence-corrected chi connectivity index (χ4v) is 3.85. The summed E-state index contributed by atoms with van der Waals surface area (Å²) in [4.78, 5) is 12.6. The molecule has 158 valence electrons. The average Bonchev–Trinajstić information content (AvgIpc) is 2.78. The number of hydrazone groups is 1. The van der Waals surface area contributed by atoms with E-state index < -0.39 is 6.10 Å². The van der Waals surface area contributed by atoms with E-state index >= 15 is 0 Å². The number of carbonyl (C=O) groups excluding carboxylic acids is 1. The molecule has 1 unspecified atom stereocenters. The topological polar surface area (TPSA) is 59.9 Å². The Bertz CT molecular complexity index is 1160. The van der Waals surface area contributed by atoms with Crippen molar-refractivity contribution in [1.29, 1.82) is 0 Å². The van der Waals surface area contributed by atoms with E-state index in [1.54, 1.807) is 6.07 Å². The molecule has 0 saturated heterocycles. The predicted molar refractivity (Wildman–Crippen MR) is 131 cm³/mol. The summed E-state index contributed by atoms with van der Waals surface area (Å²) in [7, 11) is 0. The van der Waals surface area contributed by atoms with Crippen LogP contribution in [0, 0.1) is 12.3 Å². The highest BCUT2D eigenvalue weighted by Crippen LogP contribution is 2.33. The monoisotopic (exact) mass is 542 g/mol. The summed E-state index contributed by atoms with van der Waals surface area (Å²) in [5.41, 5.74) is 3.22. The Balaban J connectivity index is 1.70. The Kier molecular flexibility index (Phi) is 8.10. The number of carbonyl (C=O) groups is 1. The van der Waals surface area contributed by atoms with Gasteiger partial charge in [0.15, 0.2) is 6.10 Å².